The molecule has 0 N–H and O–H groups in total. The smallest absolute Gasteiger partial charge is 0.260 e. The van der Waals surface area contributed by atoms with Crippen molar-refractivity contribution in [3.63, 3.8) is 0 Å². The highest BCUT2D eigenvalue weighted by Gasteiger charge is 2.22. The molecule has 1 aromatic heterocycles. The highest BCUT2D eigenvalue weighted by Crippen LogP contribution is 2.32. The minimum atomic E-state index is 0.0201. The number of nitrogens with zero attached hydrogens (tertiary/aromatic N) is 3. The molecule has 4 nitrogen and oxygen atoms in total. The van der Waals surface area contributed by atoms with Crippen LogP contribution in [0.3, 0.4) is 0 Å². The normalized spacial score (nSPS) is 11.3. The second-order valence-corrected chi connectivity index (χ2v) is 8.85. The van der Waals surface area contributed by atoms with Gasteiger partial charge in [0.15, 0.2) is 5.13 Å². The van der Waals surface area contributed by atoms with Gasteiger partial charge < -0.3 is 4.90 Å². The summed E-state index contributed by atoms with van der Waals surface area (Å²) in [6, 6.07) is 14.1. The fraction of sp³-hybridized carbons (Fsp3) is 0.364. The summed E-state index contributed by atoms with van der Waals surface area (Å²) in [6.07, 6.45) is 3.86. The number of para-hydroxylation sites is 1. The molecule has 0 aliphatic heterocycles. The van der Waals surface area contributed by atoms with Crippen LogP contribution in [-0.2, 0) is 6.42 Å². The molecule has 0 fully saturated rings. The molecule has 3 aromatic rings. The van der Waals surface area contributed by atoms with Crippen LogP contribution in [0.2, 0.25) is 0 Å². The number of rotatable bonds is 8. The van der Waals surface area contributed by atoms with Crippen LogP contribution in [0.5, 0.6) is 0 Å². The van der Waals surface area contributed by atoms with E-state index >= 15 is 0 Å². The Hall–Kier alpha value is -1.89. The van der Waals surface area contributed by atoms with Gasteiger partial charge >= 0.3 is 0 Å². The summed E-state index contributed by atoms with van der Waals surface area (Å²) in [4.78, 5) is 23.4. The van der Waals surface area contributed by atoms with E-state index in [4.69, 9.17) is 4.98 Å². The van der Waals surface area contributed by atoms with E-state index < -0.39 is 0 Å². The number of hydrogen-bond donors (Lipinski definition) is 0. The van der Waals surface area contributed by atoms with E-state index in [1.165, 1.54) is 5.56 Å². The molecule has 0 aliphatic rings. The molecule has 1 heterocycles. The Morgan fingerprint density at radius 1 is 1.14 bits per heavy atom. The minimum absolute atomic E-state index is 0.0201. The number of aromatic nitrogens is 1. The van der Waals surface area contributed by atoms with Gasteiger partial charge in [0.05, 0.1) is 10.2 Å². The monoisotopic (exact) mass is 413 g/mol. The molecule has 28 heavy (non-hydrogen) atoms. The van der Waals surface area contributed by atoms with Crippen molar-refractivity contribution in [2.75, 3.05) is 38.3 Å². The maximum atomic E-state index is 13.4. The van der Waals surface area contributed by atoms with E-state index in [1.807, 2.05) is 35.4 Å². The molecule has 0 unspecified atom stereocenters. The molecule has 0 bridgehead atoms. The van der Waals surface area contributed by atoms with Gasteiger partial charge in [-0.15, -0.1) is 11.8 Å². The predicted octanol–water partition coefficient (Wildman–Crippen LogP) is 5.18. The number of carbonyl (C=O) groups excluding carboxylic acids is 1. The zero-order chi connectivity index (χ0) is 20.1. The van der Waals surface area contributed by atoms with Crippen LogP contribution in [0, 0.1) is 0 Å². The van der Waals surface area contributed by atoms with Crippen molar-refractivity contribution in [3.05, 3.63) is 53.6 Å². The molecule has 0 atom stereocenters. The maximum Gasteiger partial charge on any atom is 0.260 e. The second kappa shape index (κ2) is 9.54. The number of benzene rings is 2. The van der Waals surface area contributed by atoms with Gasteiger partial charge in [-0.05, 0) is 69.6 Å². The number of anilines is 1. The molecule has 0 saturated heterocycles. The summed E-state index contributed by atoms with van der Waals surface area (Å²) >= 11 is 3.25. The van der Waals surface area contributed by atoms with E-state index in [1.54, 1.807) is 23.1 Å². The van der Waals surface area contributed by atoms with Crippen molar-refractivity contribution in [2.24, 2.45) is 0 Å². The predicted molar refractivity (Wildman–Crippen MR) is 122 cm³/mol. The van der Waals surface area contributed by atoms with E-state index in [9.17, 15) is 4.79 Å². The third-order valence-corrected chi connectivity index (χ3v) is 6.42. The Labute approximate surface area is 175 Å². The first-order valence-electron chi connectivity index (χ1n) is 9.52. The highest BCUT2D eigenvalue weighted by molar-refractivity contribution is 7.98. The fourth-order valence-corrected chi connectivity index (χ4v) is 4.63. The van der Waals surface area contributed by atoms with Crippen LogP contribution in [0.4, 0.5) is 5.13 Å². The summed E-state index contributed by atoms with van der Waals surface area (Å²) in [5.41, 5.74) is 2.96. The third-order valence-electron chi connectivity index (χ3n) is 4.65. The Kier molecular flexibility index (Phi) is 7.10. The van der Waals surface area contributed by atoms with Gasteiger partial charge in [-0.25, -0.2) is 4.98 Å². The van der Waals surface area contributed by atoms with Crippen LogP contribution in [0.1, 0.15) is 29.3 Å². The minimum Gasteiger partial charge on any atom is -0.309 e. The van der Waals surface area contributed by atoms with Crippen molar-refractivity contribution < 1.29 is 4.79 Å². The Morgan fingerprint density at radius 3 is 2.64 bits per heavy atom. The number of fused-ring (bicyclic) bond motifs is 1. The first kappa shape index (κ1) is 20.8. The van der Waals surface area contributed by atoms with E-state index in [-0.39, 0.29) is 5.91 Å². The van der Waals surface area contributed by atoms with Crippen molar-refractivity contribution in [1.29, 1.82) is 0 Å². The lowest BCUT2D eigenvalue weighted by atomic mass is 10.1. The van der Waals surface area contributed by atoms with Crippen LogP contribution in [0.15, 0.2) is 47.4 Å². The largest absolute Gasteiger partial charge is 0.309 e. The van der Waals surface area contributed by atoms with E-state index in [0.29, 0.717) is 12.1 Å². The molecule has 6 heteroatoms. The number of thioether (sulfide) groups is 1. The van der Waals surface area contributed by atoms with Crippen LogP contribution < -0.4 is 4.90 Å². The first-order chi connectivity index (χ1) is 13.5. The lowest BCUT2D eigenvalue weighted by Crippen LogP contribution is -2.33. The number of carbonyl (C=O) groups is 1. The molecular weight excluding hydrogens is 386 g/mol. The molecule has 1 amide bonds. The number of amides is 1. The second-order valence-electron chi connectivity index (χ2n) is 6.96. The van der Waals surface area contributed by atoms with Crippen LogP contribution in [0.25, 0.3) is 10.2 Å². The number of hydrogen-bond acceptors (Lipinski definition) is 5. The molecule has 0 spiro atoms. The fourth-order valence-electron chi connectivity index (χ4n) is 3.14. The summed E-state index contributed by atoms with van der Waals surface area (Å²) < 4.78 is 1.14. The molecule has 148 valence electrons. The third kappa shape index (κ3) is 4.74. The van der Waals surface area contributed by atoms with Crippen molar-refractivity contribution in [3.8, 4) is 0 Å². The Bertz CT molecular complexity index is 952. The Balaban J connectivity index is 1.97. The maximum absolute atomic E-state index is 13.4. The summed E-state index contributed by atoms with van der Waals surface area (Å²) in [6.45, 7) is 3.73. The quantitative estimate of drug-likeness (QED) is 0.477. The average molecular weight is 414 g/mol. The zero-order valence-electron chi connectivity index (χ0n) is 16.9. The van der Waals surface area contributed by atoms with Gasteiger partial charge in [0, 0.05) is 17.0 Å². The topological polar surface area (TPSA) is 36.4 Å². The van der Waals surface area contributed by atoms with Crippen LogP contribution >= 0.6 is 23.1 Å². The molecule has 3 rings (SSSR count). The number of thiazole rings is 1. The lowest BCUT2D eigenvalue weighted by molar-refractivity contribution is 0.0986. The SMILES string of the molecule is CCc1cccc2sc(N(CCCN(C)C)C(=O)c3cccc(SC)c3)nc12. The van der Waals surface area contributed by atoms with Gasteiger partial charge in [-0.1, -0.05) is 36.5 Å². The lowest BCUT2D eigenvalue weighted by Gasteiger charge is -2.21. The van der Waals surface area contributed by atoms with Gasteiger partial charge in [0.2, 0.25) is 0 Å². The van der Waals surface area contributed by atoms with Gasteiger partial charge in [-0.2, -0.15) is 0 Å². The van der Waals surface area contributed by atoms with E-state index in [2.05, 4.69) is 44.1 Å². The molecular formula is C22H27N3OS2. The molecule has 0 saturated carbocycles. The number of aryl methyl sites for hydroxylation is 1. The summed E-state index contributed by atoms with van der Waals surface area (Å²) in [7, 11) is 4.11. The molecule has 0 radical (unpaired) electrons. The molecule has 2 aromatic carbocycles. The van der Waals surface area contributed by atoms with Crippen LogP contribution in [-0.4, -0.2) is 49.2 Å². The summed E-state index contributed by atoms with van der Waals surface area (Å²) in [5.74, 6) is 0.0201. The Morgan fingerprint density at radius 2 is 1.93 bits per heavy atom. The zero-order valence-corrected chi connectivity index (χ0v) is 18.6. The van der Waals surface area contributed by atoms with Crippen molar-refractivity contribution in [2.45, 2.75) is 24.7 Å². The van der Waals surface area contributed by atoms with E-state index in [0.717, 1.165) is 39.6 Å². The standard InChI is InChI=1S/C22H27N3OS2/c1-5-16-9-7-12-19-20(16)23-22(28-19)25(14-8-13-24(2)3)21(26)17-10-6-11-18(15-17)27-4/h6-7,9-12,15H,5,8,13-14H2,1-4H3. The van der Waals surface area contributed by atoms with Gasteiger partial charge in [-0.3, -0.25) is 9.69 Å². The van der Waals surface area contributed by atoms with Gasteiger partial charge in [0.1, 0.15) is 0 Å². The first-order valence-corrected chi connectivity index (χ1v) is 11.6. The van der Waals surface area contributed by atoms with Crippen molar-refractivity contribution in [1.82, 2.24) is 9.88 Å². The van der Waals surface area contributed by atoms with Crippen molar-refractivity contribution >= 4 is 44.4 Å². The highest BCUT2D eigenvalue weighted by atomic mass is 32.2. The average Bonchev–Trinajstić information content (AvgIpc) is 3.14. The van der Waals surface area contributed by atoms with Gasteiger partial charge in [0.25, 0.3) is 5.91 Å². The summed E-state index contributed by atoms with van der Waals surface area (Å²) in [5, 5.41) is 0.786. The molecule has 0 aliphatic carbocycles.